The van der Waals surface area contributed by atoms with E-state index in [1.54, 1.807) is 24.1 Å². The van der Waals surface area contributed by atoms with E-state index >= 15 is 0 Å². The van der Waals surface area contributed by atoms with Crippen LogP contribution in [0.15, 0.2) is 78.9 Å². The van der Waals surface area contributed by atoms with Gasteiger partial charge in [0.15, 0.2) is 0 Å². The molecule has 0 aliphatic heterocycles. The Labute approximate surface area is 224 Å². The summed E-state index contributed by atoms with van der Waals surface area (Å²) >= 11 is 6.04. The molecule has 0 bridgehead atoms. The van der Waals surface area contributed by atoms with Gasteiger partial charge in [0, 0.05) is 24.7 Å². The second kappa shape index (κ2) is 14.4. The van der Waals surface area contributed by atoms with Crippen molar-refractivity contribution in [2.45, 2.75) is 45.4 Å². The molecular formula is C30H35ClN2O4. The Balaban J connectivity index is 1.89. The van der Waals surface area contributed by atoms with Gasteiger partial charge in [0.2, 0.25) is 11.8 Å². The number of benzene rings is 3. The minimum absolute atomic E-state index is 0.137. The lowest BCUT2D eigenvalue weighted by molar-refractivity contribution is -0.141. The van der Waals surface area contributed by atoms with Crippen molar-refractivity contribution >= 4 is 23.4 Å². The topological polar surface area (TPSA) is 67.9 Å². The van der Waals surface area contributed by atoms with Gasteiger partial charge in [-0.25, -0.2) is 0 Å². The predicted molar refractivity (Wildman–Crippen MR) is 147 cm³/mol. The average Bonchev–Trinajstić information content (AvgIpc) is 2.90. The Hall–Kier alpha value is -3.35. The van der Waals surface area contributed by atoms with E-state index in [-0.39, 0.29) is 30.9 Å². The third-order valence-electron chi connectivity index (χ3n) is 5.85. The van der Waals surface area contributed by atoms with Crippen molar-refractivity contribution in [3.8, 4) is 5.75 Å². The first-order valence-electron chi connectivity index (χ1n) is 12.5. The number of hydrogen-bond acceptors (Lipinski definition) is 4. The molecule has 0 aromatic heterocycles. The van der Waals surface area contributed by atoms with Crippen LogP contribution in [0.5, 0.6) is 5.75 Å². The number of amides is 2. The maximum atomic E-state index is 13.8. The predicted octanol–water partition coefficient (Wildman–Crippen LogP) is 5.59. The molecule has 0 saturated heterocycles. The number of methoxy groups -OCH3 is 1. The number of carbonyl (C=O) groups excluding carboxylic acids is 2. The van der Waals surface area contributed by atoms with Crippen LogP contribution in [0.3, 0.4) is 0 Å². The van der Waals surface area contributed by atoms with Crippen molar-refractivity contribution in [2.75, 3.05) is 20.3 Å². The van der Waals surface area contributed by atoms with E-state index in [1.807, 2.05) is 80.6 Å². The van der Waals surface area contributed by atoms with Crippen LogP contribution in [0.2, 0.25) is 5.02 Å². The summed E-state index contributed by atoms with van der Waals surface area (Å²) in [5.74, 6) is 0.336. The van der Waals surface area contributed by atoms with Crippen molar-refractivity contribution in [1.29, 1.82) is 0 Å². The smallest absolute Gasteiger partial charge is 0.247 e. The van der Waals surface area contributed by atoms with Crippen LogP contribution in [0.4, 0.5) is 0 Å². The third-order valence-corrected chi connectivity index (χ3v) is 6.10. The lowest BCUT2D eigenvalue weighted by Crippen LogP contribution is -2.44. The molecular weight excluding hydrogens is 488 g/mol. The van der Waals surface area contributed by atoms with Gasteiger partial charge in [0.25, 0.3) is 0 Å². The van der Waals surface area contributed by atoms with Crippen LogP contribution in [-0.4, -0.2) is 43.1 Å². The first-order valence-corrected chi connectivity index (χ1v) is 12.9. The highest BCUT2D eigenvalue weighted by molar-refractivity contribution is 6.30. The fourth-order valence-corrected chi connectivity index (χ4v) is 4.06. The summed E-state index contributed by atoms with van der Waals surface area (Å²) in [4.78, 5) is 29.0. The largest absolute Gasteiger partial charge is 0.497 e. The van der Waals surface area contributed by atoms with E-state index in [0.717, 1.165) is 22.4 Å². The van der Waals surface area contributed by atoms with Crippen molar-refractivity contribution in [2.24, 2.45) is 0 Å². The van der Waals surface area contributed by atoms with Crippen molar-refractivity contribution in [3.63, 3.8) is 0 Å². The van der Waals surface area contributed by atoms with Gasteiger partial charge in [0.05, 0.1) is 19.6 Å². The summed E-state index contributed by atoms with van der Waals surface area (Å²) in [6.45, 7) is 5.23. The molecule has 37 heavy (non-hydrogen) atoms. The van der Waals surface area contributed by atoms with E-state index in [0.29, 0.717) is 24.6 Å². The SMILES string of the molecule is COc1ccc(CN(C(=O)Cc2ccc(Cl)cc2)[C@@H](C(=O)NCCCOC(C)C)c2ccccc2)cc1. The molecule has 6 nitrogen and oxygen atoms in total. The van der Waals surface area contributed by atoms with Crippen LogP contribution < -0.4 is 10.1 Å². The zero-order valence-corrected chi connectivity index (χ0v) is 22.4. The molecule has 3 aromatic rings. The highest BCUT2D eigenvalue weighted by Gasteiger charge is 2.31. The van der Waals surface area contributed by atoms with Gasteiger partial charge in [-0.15, -0.1) is 0 Å². The van der Waals surface area contributed by atoms with Gasteiger partial charge >= 0.3 is 0 Å². The Bertz CT molecular complexity index is 1120. The fraction of sp³-hybridized carbons (Fsp3) is 0.333. The zero-order valence-electron chi connectivity index (χ0n) is 21.7. The summed E-state index contributed by atoms with van der Waals surface area (Å²) in [6.07, 6.45) is 0.965. The van der Waals surface area contributed by atoms with Crippen LogP contribution in [0, 0.1) is 0 Å². The molecule has 0 radical (unpaired) electrons. The lowest BCUT2D eigenvalue weighted by Gasteiger charge is -2.32. The van der Waals surface area contributed by atoms with E-state index in [9.17, 15) is 9.59 Å². The molecule has 0 saturated carbocycles. The number of nitrogens with zero attached hydrogens (tertiary/aromatic N) is 1. The second-order valence-electron chi connectivity index (χ2n) is 9.05. The van der Waals surface area contributed by atoms with Gasteiger partial charge in [-0.05, 0) is 61.2 Å². The van der Waals surface area contributed by atoms with Crippen molar-refractivity contribution in [1.82, 2.24) is 10.2 Å². The average molecular weight is 523 g/mol. The summed E-state index contributed by atoms with van der Waals surface area (Å²) in [5, 5.41) is 3.62. The molecule has 0 fully saturated rings. The highest BCUT2D eigenvalue weighted by atomic mass is 35.5. The van der Waals surface area contributed by atoms with Gasteiger partial charge in [-0.3, -0.25) is 9.59 Å². The molecule has 3 rings (SSSR count). The standard InChI is InChI=1S/C30H35ClN2O4/c1-22(2)37-19-7-18-32-30(35)29(25-8-5-4-6-9-25)33(21-24-12-16-27(36-3)17-13-24)28(34)20-23-10-14-26(31)15-11-23/h4-6,8-17,22,29H,7,18-21H2,1-3H3,(H,32,35)/t29-/m1/s1. The number of nitrogens with one attached hydrogen (secondary N) is 1. The molecule has 7 heteroatoms. The number of ether oxygens (including phenoxy) is 2. The molecule has 196 valence electrons. The minimum Gasteiger partial charge on any atom is -0.497 e. The van der Waals surface area contributed by atoms with Crippen molar-refractivity contribution in [3.05, 3.63) is 101 Å². The van der Waals surface area contributed by atoms with E-state index in [4.69, 9.17) is 21.1 Å². The van der Waals surface area contributed by atoms with E-state index in [1.165, 1.54) is 0 Å². The molecule has 2 amide bonds. The first kappa shape index (κ1) is 28.2. The van der Waals surface area contributed by atoms with Crippen LogP contribution in [0.1, 0.15) is 43.0 Å². The number of rotatable bonds is 13. The summed E-state index contributed by atoms with van der Waals surface area (Å²) in [5.41, 5.74) is 2.47. The van der Waals surface area contributed by atoms with Crippen LogP contribution in [0.25, 0.3) is 0 Å². The lowest BCUT2D eigenvalue weighted by atomic mass is 10.0. The van der Waals surface area contributed by atoms with Crippen LogP contribution in [-0.2, 0) is 27.3 Å². The van der Waals surface area contributed by atoms with Gasteiger partial charge in [-0.1, -0.05) is 66.2 Å². The molecule has 0 spiro atoms. The maximum absolute atomic E-state index is 13.8. The van der Waals surface area contributed by atoms with Gasteiger partial charge in [0.1, 0.15) is 11.8 Å². The zero-order chi connectivity index (χ0) is 26.6. The number of hydrogen-bond donors (Lipinski definition) is 1. The summed E-state index contributed by atoms with van der Waals surface area (Å²) in [6, 6.07) is 23.3. The van der Waals surface area contributed by atoms with Crippen LogP contribution >= 0.6 is 11.6 Å². The fourth-order valence-electron chi connectivity index (χ4n) is 3.94. The van der Waals surface area contributed by atoms with Gasteiger partial charge < -0.3 is 19.7 Å². The molecule has 0 unspecified atom stereocenters. The molecule has 0 heterocycles. The Kier molecular flexibility index (Phi) is 11.0. The Morgan fingerprint density at radius 3 is 2.19 bits per heavy atom. The summed E-state index contributed by atoms with van der Waals surface area (Å²) in [7, 11) is 1.61. The maximum Gasteiger partial charge on any atom is 0.247 e. The van der Waals surface area contributed by atoms with E-state index < -0.39 is 6.04 Å². The molecule has 3 aromatic carbocycles. The Morgan fingerprint density at radius 1 is 0.919 bits per heavy atom. The van der Waals surface area contributed by atoms with Crippen molar-refractivity contribution < 1.29 is 19.1 Å². The quantitative estimate of drug-likeness (QED) is 0.297. The second-order valence-corrected chi connectivity index (χ2v) is 9.49. The highest BCUT2D eigenvalue weighted by Crippen LogP contribution is 2.26. The third kappa shape index (κ3) is 8.92. The minimum atomic E-state index is -0.797. The van der Waals surface area contributed by atoms with E-state index in [2.05, 4.69) is 5.32 Å². The monoisotopic (exact) mass is 522 g/mol. The summed E-state index contributed by atoms with van der Waals surface area (Å²) < 4.78 is 10.9. The molecule has 1 N–H and O–H groups in total. The Morgan fingerprint density at radius 2 is 1.57 bits per heavy atom. The normalized spacial score (nSPS) is 11.7. The molecule has 1 atom stereocenters. The first-order chi connectivity index (χ1) is 17.9. The number of carbonyl (C=O) groups is 2. The molecule has 0 aliphatic carbocycles. The number of halogens is 1. The molecule has 0 aliphatic rings. The van der Waals surface area contributed by atoms with Gasteiger partial charge in [-0.2, -0.15) is 0 Å².